The predicted molar refractivity (Wildman–Crippen MR) is 91.4 cm³/mol. The summed E-state index contributed by atoms with van der Waals surface area (Å²) in [5, 5.41) is 0. The highest BCUT2D eigenvalue weighted by atomic mass is 16.5. The van der Waals surface area contributed by atoms with Crippen LogP contribution in [0, 0.1) is 0 Å². The molecular weight excluding hydrogens is 312 g/mol. The Morgan fingerprint density at radius 2 is 0.833 bits per heavy atom. The van der Waals surface area contributed by atoms with Gasteiger partial charge in [0.2, 0.25) is 0 Å². The van der Waals surface area contributed by atoms with Gasteiger partial charge in [0.1, 0.15) is 56.9 Å². The van der Waals surface area contributed by atoms with Crippen LogP contribution in [-0.2, 0) is 14.2 Å². The molecule has 6 nitrogen and oxygen atoms in total. The Balaban J connectivity index is 2.62. The predicted octanol–water partition coefficient (Wildman–Crippen LogP) is 3.30. The second kappa shape index (κ2) is 12.8. The molecule has 24 heavy (non-hydrogen) atoms. The summed E-state index contributed by atoms with van der Waals surface area (Å²) >= 11 is 0. The Bertz CT molecular complexity index is 417. The zero-order chi connectivity index (χ0) is 17.5. The summed E-state index contributed by atoms with van der Waals surface area (Å²) in [6.45, 7) is 12.8. The van der Waals surface area contributed by atoms with E-state index in [9.17, 15) is 0 Å². The van der Waals surface area contributed by atoms with Crippen LogP contribution < -0.4 is 14.2 Å². The fraction of sp³-hybridized carbons (Fsp3) is 0.333. The standard InChI is InChI=1S/C18H24O6/c1-4-19-7-10-22-16-13-17(23-11-8-20-5-2)15-18(14-16)24-12-9-21-6-3/h4-6,13-15H,1-3,7-12H2. The van der Waals surface area contributed by atoms with Crippen molar-refractivity contribution in [3.8, 4) is 17.2 Å². The summed E-state index contributed by atoms with van der Waals surface area (Å²) in [6.07, 6.45) is 4.12. The van der Waals surface area contributed by atoms with Crippen molar-refractivity contribution in [3.05, 3.63) is 56.7 Å². The molecule has 0 spiro atoms. The van der Waals surface area contributed by atoms with Crippen molar-refractivity contribution in [2.75, 3.05) is 39.6 Å². The van der Waals surface area contributed by atoms with E-state index in [2.05, 4.69) is 19.7 Å². The summed E-state index contributed by atoms with van der Waals surface area (Å²) in [5.74, 6) is 1.85. The summed E-state index contributed by atoms with van der Waals surface area (Å²) in [7, 11) is 0. The van der Waals surface area contributed by atoms with Crippen molar-refractivity contribution >= 4 is 0 Å². The molecule has 0 fully saturated rings. The van der Waals surface area contributed by atoms with Gasteiger partial charge in [0.05, 0.1) is 18.8 Å². The number of rotatable bonds is 15. The lowest BCUT2D eigenvalue weighted by Crippen LogP contribution is -2.08. The van der Waals surface area contributed by atoms with Crippen molar-refractivity contribution in [1.29, 1.82) is 0 Å². The fourth-order valence-electron chi connectivity index (χ4n) is 1.67. The molecule has 1 rings (SSSR count). The van der Waals surface area contributed by atoms with Gasteiger partial charge in [-0.2, -0.15) is 0 Å². The van der Waals surface area contributed by atoms with Crippen LogP contribution in [0.2, 0.25) is 0 Å². The maximum absolute atomic E-state index is 5.62. The van der Waals surface area contributed by atoms with Crippen LogP contribution in [0.4, 0.5) is 0 Å². The molecule has 0 aromatic heterocycles. The molecule has 0 heterocycles. The lowest BCUT2D eigenvalue weighted by atomic mass is 10.3. The van der Waals surface area contributed by atoms with Gasteiger partial charge in [0.15, 0.2) is 0 Å². The molecule has 0 aliphatic carbocycles. The van der Waals surface area contributed by atoms with Gasteiger partial charge in [0.25, 0.3) is 0 Å². The zero-order valence-electron chi connectivity index (χ0n) is 13.8. The second-order valence-corrected chi connectivity index (χ2v) is 4.30. The zero-order valence-corrected chi connectivity index (χ0v) is 13.8. The lowest BCUT2D eigenvalue weighted by Gasteiger charge is -2.13. The van der Waals surface area contributed by atoms with Crippen molar-refractivity contribution in [2.45, 2.75) is 0 Å². The van der Waals surface area contributed by atoms with Gasteiger partial charge in [-0.25, -0.2) is 0 Å². The molecule has 0 aliphatic heterocycles. The van der Waals surface area contributed by atoms with Crippen molar-refractivity contribution in [3.63, 3.8) is 0 Å². The van der Waals surface area contributed by atoms with E-state index in [-0.39, 0.29) is 0 Å². The molecule has 0 atom stereocenters. The Morgan fingerprint density at radius 3 is 1.08 bits per heavy atom. The van der Waals surface area contributed by atoms with Crippen LogP contribution in [-0.4, -0.2) is 39.6 Å². The van der Waals surface area contributed by atoms with Gasteiger partial charge in [-0.15, -0.1) is 0 Å². The van der Waals surface area contributed by atoms with Crippen LogP contribution in [0.5, 0.6) is 17.2 Å². The van der Waals surface area contributed by atoms with E-state index in [0.717, 1.165) is 0 Å². The maximum atomic E-state index is 5.62. The van der Waals surface area contributed by atoms with Crippen molar-refractivity contribution in [1.82, 2.24) is 0 Å². The van der Waals surface area contributed by atoms with E-state index >= 15 is 0 Å². The van der Waals surface area contributed by atoms with Gasteiger partial charge in [0, 0.05) is 18.2 Å². The average molecular weight is 336 g/mol. The topological polar surface area (TPSA) is 55.4 Å². The first kappa shape index (κ1) is 19.3. The van der Waals surface area contributed by atoms with Gasteiger partial charge in [-0.3, -0.25) is 0 Å². The molecule has 0 saturated carbocycles. The Kier molecular flexibility index (Phi) is 10.2. The van der Waals surface area contributed by atoms with E-state index in [0.29, 0.717) is 56.9 Å². The van der Waals surface area contributed by atoms with Crippen LogP contribution >= 0.6 is 0 Å². The minimum Gasteiger partial charge on any atom is -0.498 e. The maximum Gasteiger partial charge on any atom is 0.126 e. The average Bonchev–Trinajstić information content (AvgIpc) is 2.59. The van der Waals surface area contributed by atoms with Gasteiger partial charge in [-0.1, -0.05) is 19.7 Å². The number of ether oxygens (including phenoxy) is 6. The molecule has 1 aromatic carbocycles. The van der Waals surface area contributed by atoms with Crippen LogP contribution in [0.3, 0.4) is 0 Å². The molecule has 1 aromatic rings. The minimum atomic E-state index is 0.383. The van der Waals surface area contributed by atoms with Crippen molar-refractivity contribution in [2.24, 2.45) is 0 Å². The van der Waals surface area contributed by atoms with E-state index in [1.165, 1.54) is 18.8 Å². The summed E-state index contributed by atoms with van der Waals surface area (Å²) < 4.78 is 31.9. The fourth-order valence-corrected chi connectivity index (χ4v) is 1.67. The quantitative estimate of drug-likeness (QED) is 0.362. The molecular formula is C18H24O6. The molecule has 0 aliphatic rings. The second-order valence-electron chi connectivity index (χ2n) is 4.30. The normalized spacial score (nSPS) is 9.50. The number of hydrogen-bond acceptors (Lipinski definition) is 6. The largest absolute Gasteiger partial charge is 0.498 e. The molecule has 0 unspecified atom stereocenters. The van der Waals surface area contributed by atoms with Crippen molar-refractivity contribution < 1.29 is 28.4 Å². The molecule has 0 saturated heterocycles. The van der Waals surface area contributed by atoms with Gasteiger partial charge < -0.3 is 28.4 Å². The first-order chi connectivity index (χ1) is 11.8. The first-order valence-electron chi connectivity index (χ1n) is 7.51. The van der Waals surface area contributed by atoms with E-state index < -0.39 is 0 Å². The molecule has 6 heteroatoms. The Labute approximate surface area is 142 Å². The highest BCUT2D eigenvalue weighted by molar-refractivity contribution is 5.42. The summed E-state index contributed by atoms with van der Waals surface area (Å²) in [6, 6.07) is 5.32. The third-order valence-electron chi connectivity index (χ3n) is 2.62. The lowest BCUT2D eigenvalue weighted by molar-refractivity contribution is 0.169. The summed E-state index contributed by atoms with van der Waals surface area (Å²) in [4.78, 5) is 0. The Morgan fingerprint density at radius 1 is 0.542 bits per heavy atom. The van der Waals surface area contributed by atoms with Gasteiger partial charge in [-0.05, 0) is 0 Å². The first-order valence-corrected chi connectivity index (χ1v) is 7.51. The SMILES string of the molecule is C=COCCOc1cc(OCCOC=C)cc(OCCOC=C)c1. The molecule has 0 bridgehead atoms. The third-order valence-corrected chi connectivity index (χ3v) is 2.62. The molecule has 0 N–H and O–H groups in total. The monoisotopic (exact) mass is 336 g/mol. The highest BCUT2D eigenvalue weighted by Crippen LogP contribution is 2.28. The molecule has 0 amide bonds. The van der Waals surface area contributed by atoms with E-state index in [1.54, 1.807) is 18.2 Å². The Hall–Kier alpha value is -2.76. The van der Waals surface area contributed by atoms with E-state index in [4.69, 9.17) is 28.4 Å². The molecule has 132 valence electrons. The number of hydrogen-bond donors (Lipinski definition) is 0. The summed E-state index contributed by atoms with van der Waals surface area (Å²) in [5.41, 5.74) is 0. The van der Waals surface area contributed by atoms with E-state index in [1.807, 2.05) is 0 Å². The van der Waals surface area contributed by atoms with Crippen LogP contribution in [0.1, 0.15) is 0 Å². The number of benzene rings is 1. The third kappa shape index (κ3) is 8.63. The van der Waals surface area contributed by atoms with Crippen LogP contribution in [0.15, 0.2) is 56.7 Å². The highest BCUT2D eigenvalue weighted by Gasteiger charge is 2.05. The minimum absolute atomic E-state index is 0.383. The van der Waals surface area contributed by atoms with Crippen LogP contribution in [0.25, 0.3) is 0 Å². The smallest absolute Gasteiger partial charge is 0.126 e. The van der Waals surface area contributed by atoms with Gasteiger partial charge >= 0.3 is 0 Å². The molecule has 0 radical (unpaired) electrons.